The van der Waals surface area contributed by atoms with Gasteiger partial charge in [0.2, 0.25) is 0 Å². The van der Waals surface area contributed by atoms with Crippen molar-refractivity contribution in [3.63, 3.8) is 0 Å². The number of hydrogen-bond donors (Lipinski definition) is 1. The first-order chi connectivity index (χ1) is 11.2. The summed E-state index contributed by atoms with van der Waals surface area (Å²) in [7, 11) is 0. The first kappa shape index (κ1) is 16.2. The van der Waals surface area contributed by atoms with Crippen molar-refractivity contribution in [2.75, 3.05) is 13.2 Å². The van der Waals surface area contributed by atoms with Crippen molar-refractivity contribution in [2.45, 2.75) is 45.2 Å². The minimum absolute atomic E-state index is 0.183. The van der Waals surface area contributed by atoms with E-state index < -0.39 is 0 Å². The molecule has 122 valence electrons. The molecule has 0 spiro atoms. The van der Waals surface area contributed by atoms with Crippen LogP contribution in [-0.2, 0) is 13.0 Å². The summed E-state index contributed by atoms with van der Waals surface area (Å²) in [5.41, 5.74) is 5.09. The molecule has 1 unspecified atom stereocenters. The average molecular weight is 310 g/mol. The van der Waals surface area contributed by atoms with Crippen LogP contribution in [0.15, 0.2) is 42.5 Å². The molecule has 1 aliphatic carbocycles. The highest BCUT2D eigenvalue weighted by Gasteiger charge is 2.27. The fraction of sp³-hybridized carbons (Fsp3) is 0.450. The first-order valence-electron chi connectivity index (χ1n) is 8.57. The molecule has 0 radical (unpaired) electrons. The quantitative estimate of drug-likeness (QED) is 0.884. The van der Waals surface area contributed by atoms with Gasteiger partial charge in [-0.2, -0.15) is 0 Å². The molecule has 0 fully saturated rings. The molecule has 1 heterocycles. The molecule has 1 N–H and O–H groups in total. The van der Waals surface area contributed by atoms with Gasteiger partial charge in [0.25, 0.3) is 0 Å². The third-order valence-electron chi connectivity index (χ3n) is 4.71. The van der Waals surface area contributed by atoms with Gasteiger partial charge in [0.1, 0.15) is 0 Å². The molecule has 0 saturated heterocycles. The summed E-state index contributed by atoms with van der Waals surface area (Å²) in [6.45, 7) is 6.00. The minimum Gasteiger partial charge on any atom is -0.395 e. The molecule has 3 heteroatoms. The second-order valence-corrected chi connectivity index (χ2v) is 6.66. The summed E-state index contributed by atoms with van der Waals surface area (Å²) < 4.78 is 0. The summed E-state index contributed by atoms with van der Waals surface area (Å²) in [5, 5.41) is 9.50. The standard InChI is InChI=1S/C20H26N2O/c1-15(2)19-9-5-7-17(21-19)14-22(12-13-23)20-11-10-16-6-3-4-8-18(16)20/h3-9,15,20,23H,10-14H2,1-2H3. The fourth-order valence-corrected chi connectivity index (χ4v) is 3.50. The van der Waals surface area contributed by atoms with E-state index in [4.69, 9.17) is 4.98 Å². The molecule has 0 aliphatic heterocycles. The maximum Gasteiger partial charge on any atom is 0.0558 e. The molecule has 3 rings (SSSR count). The van der Waals surface area contributed by atoms with Gasteiger partial charge in [0.15, 0.2) is 0 Å². The van der Waals surface area contributed by atoms with E-state index in [1.807, 2.05) is 0 Å². The maximum absolute atomic E-state index is 9.50. The molecule has 1 aliphatic rings. The SMILES string of the molecule is CC(C)c1cccc(CN(CCO)C2CCc3ccccc32)n1. The highest BCUT2D eigenvalue weighted by Crippen LogP contribution is 2.36. The van der Waals surface area contributed by atoms with E-state index in [-0.39, 0.29) is 6.61 Å². The molecule has 23 heavy (non-hydrogen) atoms. The van der Waals surface area contributed by atoms with E-state index in [1.54, 1.807) is 0 Å². The van der Waals surface area contributed by atoms with E-state index in [9.17, 15) is 5.11 Å². The molecule has 0 bridgehead atoms. The molecular formula is C20H26N2O. The molecule has 3 nitrogen and oxygen atoms in total. The van der Waals surface area contributed by atoms with Gasteiger partial charge in [-0.3, -0.25) is 9.88 Å². The summed E-state index contributed by atoms with van der Waals surface area (Å²) in [6, 6.07) is 15.4. The van der Waals surface area contributed by atoms with Crippen LogP contribution in [0.3, 0.4) is 0 Å². The van der Waals surface area contributed by atoms with Crippen molar-refractivity contribution in [1.29, 1.82) is 0 Å². The zero-order valence-corrected chi connectivity index (χ0v) is 14.1. The summed E-state index contributed by atoms with van der Waals surface area (Å²) in [4.78, 5) is 7.17. The summed E-state index contributed by atoms with van der Waals surface area (Å²) in [6.07, 6.45) is 2.26. The molecule has 1 aromatic heterocycles. The van der Waals surface area contributed by atoms with Gasteiger partial charge in [0, 0.05) is 24.8 Å². The number of hydrogen-bond acceptors (Lipinski definition) is 3. The van der Waals surface area contributed by atoms with Crippen LogP contribution in [0.5, 0.6) is 0 Å². The third-order valence-corrected chi connectivity index (χ3v) is 4.71. The zero-order valence-electron chi connectivity index (χ0n) is 14.1. The van der Waals surface area contributed by atoms with Crippen LogP contribution in [0.25, 0.3) is 0 Å². The fourth-order valence-electron chi connectivity index (χ4n) is 3.50. The first-order valence-corrected chi connectivity index (χ1v) is 8.57. The van der Waals surface area contributed by atoms with Gasteiger partial charge in [-0.15, -0.1) is 0 Å². The highest BCUT2D eigenvalue weighted by atomic mass is 16.3. The van der Waals surface area contributed by atoms with Gasteiger partial charge in [-0.1, -0.05) is 44.2 Å². The molecule has 1 atom stereocenters. The smallest absolute Gasteiger partial charge is 0.0558 e. The Hall–Kier alpha value is -1.71. The predicted molar refractivity (Wildman–Crippen MR) is 93.3 cm³/mol. The Morgan fingerprint density at radius 2 is 2.00 bits per heavy atom. The Balaban J connectivity index is 1.82. The van der Waals surface area contributed by atoms with Gasteiger partial charge < -0.3 is 5.11 Å². The van der Waals surface area contributed by atoms with Crippen LogP contribution in [0.1, 0.15) is 54.7 Å². The van der Waals surface area contributed by atoms with Crippen LogP contribution in [0, 0.1) is 0 Å². The second kappa shape index (κ2) is 7.24. The number of pyridine rings is 1. The highest BCUT2D eigenvalue weighted by molar-refractivity contribution is 5.34. The van der Waals surface area contributed by atoms with Crippen molar-refractivity contribution in [2.24, 2.45) is 0 Å². The summed E-state index contributed by atoms with van der Waals surface area (Å²) in [5.74, 6) is 0.438. The number of aromatic nitrogens is 1. The molecule has 2 aromatic rings. The third kappa shape index (κ3) is 3.62. The van der Waals surface area contributed by atoms with E-state index in [2.05, 4.69) is 61.2 Å². The lowest BCUT2D eigenvalue weighted by molar-refractivity contribution is 0.141. The van der Waals surface area contributed by atoms with Crippen LogP contribution in [0.2, 0.25) is 0 Å². The number of benzene rings is 1. The van der Waals surface area contributed by atoms with E-state index in [0.717, 1.165) is 30.8 Å². The van der Waals surface area contributed by atoms with E-state index in [1.165, 1.54) is 11.1 Å². The number of rotatable bonds is 6. The normalized spacial score (nSPS) is 17.0. The number of fused-ring (bicyclic) bond motifs is 1. The monoisotopic (exact) mass is 310 g/mol. The van der Waals surface area contributed by atoms with E-state index in [0.29, 0.717) is 18.5 Å². The number of aliphatic hydroxyl groups is 1. The molecule has 0 saturated carbocycles. The lowest BCUT2D eigenvalue weighted by atomic mass is 10.1. The number of aryl methyl sites for hydroxylation is 1. The Morgan fingerprint density at radius 3 is 2.78 bits per heavy atom. The minimum atomic E-state index is 0.183. The lowest BCUT2D eigenvalue weighted by Crippen LogP contribution is -2.30. The van der Waals surface area contributed by atoms with Gasteiger partial charge in [-0.05, 0) is 42.0 Å². The topological polar surface area (TPSA) is 36.4 Å². The Kier molecular flexibility index (Phi) is 5.09. The zero-order chi connectivity index (χ0) is 16.2. The van der Waals surface area contributed by atoms with Gasteiger partial charge in [0.05, 0.1) is 12.3 Å². The number of nitrogens with zero attached hydrogens (tertiary/aromatic N) is 2. The van der Waals surface area contributed by atoms with E-state index >= 15 is 0 Å². The second-order valence-electron chi connectivity index (χ2n) is 6.66. The average Bonchev–Trinajstić information content (AvgIpc) is 2.99. The van der Waals surface area contributed by atoms with Crippen molar-refractivity contribution in [1.82, 2.24) is 9.88 Å². The Morgan fingerprint density at radius 1 is 1.17 bits per heavy atom. The predicted octanol–water partition coefficient (Wildman–Crippen LogP) is 3.69. The molecule has 1 aromatic carbocycles. The van der Waals surface area contributed by atoms with Crippen LogP contribution < -0.4 is 0 Å². The van der Waals surface area contributed by atoms with Crippen LogP contribution >= 0.6 is 0 Å². The molecular weight excluding hydrogens is 284 g/mol. The van der Waals surface area contributed by atoms with Gasteiger partial charge in [-0.25, -0.2) is 0 Å². The van der Waals surface area contributed by atoms with Crippen molar-refractivity contribution in [3.05, 3.63) is 65.0 Å². The van der Waals surface area contributed by atoms with Crippen LogP contribution in [-0.4, -0.2) is 28.1 Å². The molecule has 0 amide bonds. The van der Waals surface area contributed by atoms with Crippen molar-refractivity contribution in [3.8, 4) is 0 Å². The number of aliphatic hydroxyl groups excluding tert-OH is 1. The largest absolute Gasteiger partial charge is 0.395 e. The van der Waals surface area contributed by atoms with Gasteiger partial charge >= 0.3 is 0 Å². The van der Waals surface area contributed by atoms with Crippen molar-refractivity contribution >= 4 is 0 Å². The Bertz CT molecular complexity index is 654. The lowest BCUT2D eigenvalue weighted by Gasteiger charge is -2.29. The maximum atomic E-state index is 9.50. The summed E-state index contributed by atoms with van der Waals surface area (Å²) >= 11 is 0. The Labute approximate surface area is 139 Å². The van der Waals surface area contributed by atoms with Crippen LogP contribution in [0.4, 0.5) is 0 Å². The van der Waals surface area contributed by atoms with Crippen molar-refractivity contribution < 1.29 is 5.11 Å².